The van der Waals surface area contributed by atoms with Gasteiger partial charge in [-0.25, -0.2) is 4.39 Å². The van der Waals surface area contributed by atoms with E-state index in [4.69, 9.17) is 11.6 Å². The molecular weight excluding hydrogens is 415 g/mol. The first kappa shape index (κ1) is 22.3. The molecule has 0 saturated carbocycles. The van der Waals surface area contributed by atoms with E-state index in [0.29, 0.717) is 11.8 Å². The number of benzene rings is 4. The number of rotatable bonds is 9. The summed E-state index contributed by atoms with van der Waals surface area (Å²) >= 11 is 5.95. The summed E-state index contributed by atoms with van der Waals surface area (Å²) in [7, 11) is 0. The van der Waals surface area contributed by atoms with Gasteiger partial charge in [0.2, 0.25) is 0 Å². The summed E-state index contributed by atoms with van der Waals surface area (Å²) in [6.45, 7) is 3.78. The highest BCUT2D eigenvalue weighted by Crippen LogP contribution is 2.24. The number of fused-ring (bicyclic) bond motifs is 1. The smallest absolute Gasteiger partial charge is 0.134 e. The standard InChI is InChI=1S/C30H28ClF/c1-2-3-4-22-5-7-23(8-6-22)9-10-25-14-20-29-27(21-25)17-16-26(30(29)32)15-11-24-12-18-28(31)19-13-24/h2,5-8,12-14,16-21H,1,3-4,9-11,15H2. The van der Waals surface area contributed by atoms with Crippen LogP contribution >= 0.6 is 11.6 Å². The summed E-state index contributed by atoms with van der Waals surface area (Å²) in [4.78, 5) is 0. The predicted octanol–water partition coefficient (Wildman–Crippen LogP) is 8.32. The molecule has 32 heavy (non-hydrogen) atoms. The van der Waals surface area contributed by atoms with E-state index in [0.717, 1.165) is 53.6 Å². The van der Waals surface area contributed by atoms with Crippen molar-refractivity contribution in [3.05, 3.63) is 130 Å². The summed E-state index contributed by atoms with van der Waals surface area (Å²) in [5.74, 6) is -0.0990. The van der Waals surface area contributed by atoms with Crippen molar-refractivity contribution in [3.8, 4) is 0 Å². The van der Waals surface area contributed by atoms with Gasteiger partial charge >= 0.3 is 0 Å². The molecule has 162 valence electrons. The Balaban J connectivity index is 1.41. The molecular formula is C30H28ClF. The third kappa shape index (κ3) is 5.66. The first-order valence-corrected chi connectivity index (χ1v) is 11.6. The van der Waals surface area contributed by atoms with Crippen molar-refractivity contribution in [2.75, 3.05) is 0 Å². The summed E-state index contributed by atoms with van der Waals surface area (Å²) < 4.78 is 15.1. The Bertz CT molecular complexity index is 1190. The number of aryl methyl sites for hydroxylation is 5. The minimum atomic E-state index is -0.0990. The van der Waals surface area contributed by atoms with E-state index in [1.807, 2.05) is 48.5 Å². The van der Waals surface area contributed by atoms with E-state index >= 15 is 4.39 Å². The van der Waals surface area contributed by atoms with E-state index < -0.39 is 0 Å². The van der Waals surface area contributed by atoms with Crippen LogP contribution in [0.3, 0.4) is 0 Å². The van der Waals surface area contributed by atoms with Crippen LogP contribution in [-0.4, -0.2) is 0 Å². The molecule has 0 fully saturated rings. The van der Waals surface area contributed by atoms with Gasteiger partial charge in [-0.1, -0.05) is 84.4 Å². The molecule has 0 bridgehead atoms. The fourth-order valence-electron chi connectivity index (χ4n) is 4.10. The molecule has 0 unspecified atom stereocenters. The maximum absolute atomic E-state index is 15.1. The normalized spacial score (nSPS) is 11.1. The largest absolute Gasteiger partial charge is 0.206 e. The molecule has 0 spiro atoms. The van der Waals surface area contributed by atoms with Crippen molar-refractivity contribution in [1.82, 2.24) is 0 Å². The molecule has 0 N–H and O–H groups in total. The number of allylic oxidation sites excluding steroid dienone is 1. The van der Waals surface area contributed by atoms with Gasteiger partial charge < -0.3 is 0 Å². The molecule has 0 saturated heterocycles. The molecule has 0 nitrogen and oxygen atoms in total. The topological polar surface area (TPSA) is 0 Å². The molecule has 2 heteroatoms. The van der Waals surface area contributed by atoms with Crippen molar-refractivity contribution in [3.63, 3.8) is 0 Å². The van der Waals surface area contributed by atoms with Crippen molar-refractivity contribution in [1.29, 1.82) is 0 Å². The number of hydrogen-bond acceptors (Lipinski definition) is 0. The van der Waals surface area contributed by atoms with Gasteiger partial charge in [-0.05, 0) is 83.9 Å². The average molecular weight is 443 g/mol. The van der Waals surface area contributed by atoms with Crippen LogP contribution in [0, 0.1) is 5.82 Å². The minimum Gasteiger partial charge on any atom is -0.206 e. The molecule has 4 aromatic rings. The van der Waals surface area contributed by atoms with Crippen molar-refractivity contribution in [2.45, 2.75) is 38.5 Å². The van der Waals surface area contributed by atoms with E-state index in [9.17, 15) is 0 Å². The maximum Gasteiger partial charge on any atom is 0.134 e. The number of hydrogen-bond donors (Lipinski definition) is 0. The number of halogens is 2. The van der Waals surface area contributed by atoms with Crippen LogP contribution in [0.4, 0.5) is 4.39 Å². The van der Waals surface area contributed by atoms with Crippen molar-refractivity contribution in [2.24, 2.45) is 0 Å². The fourth-order valence-corrected chi connectivity index (χ4v) is 4.22. The zero-order chi connectivity index (χ0) is 22.3. The molecule has 4 aromatic carbocycles. The van der Waals surface area contributed by atoms with Crippen molar-refractivity contribution >= 4 is 22.4 Å². The maximum atomic E-state index is 15.1. The van der Waals surface area contributed by atoms with Gasteiger partial charge in [0, 0.05) is 10.4 Å². The summed E-state index contributed by atoms with van der Waals surface area (Å²) in [5.41, 5.74) is 5.84. The lowest BCUT2D eigenvalue weighted by molar-refractivity contribution is 0.620. The molecule has 0 aromatic heterocycles. The molecule has 0 amide bonds. The average Bonchev–Trinajstić information content (AvgIpc) is 2.82. The van der Waals surface area contributed by atoms with Crippen LogP contribution in [0.5, 0.6) is 0 Å². The van der Waals surface area contributed by atoms with Crippen molar-refractivity contribution < 1.29 is 4.39 Å². The third-order valence-corrected chi connectivity index (χ3v) is 6.31. The first-order valence-electron chi connectivity index (χ1n) is 11.3. The molecule has 0 atom stereocenters. The van der Waals surface area contributed by atoms with Crippen LogP contribution in [-0.2, 0) is 32.1 Å². The van der Waals surface area contributed by atoms with Gasteiger partial charge in [-0.15, -0.1) is 6.58 Å². The Hall–Kier alpha value is -2.90. The van der Waals surface area contributed by atoms with E-state index in [1.54, 1.807) is 0 Å². The van der Waals surface area contributed by atoms with E-state index in [-0.39, 0.29) is 5.82 Å². The molecule has 4 rings (SSSR count). The zero-order valence-corrected chi connectivity index (χ0v) is 19.0. The van der Waals surface area contributed by atoms with Crippen LogP contribution in [0.2, 0.25) is 5.02 Å². The van der Waals surface area contributed by atoms with Gasteiger partial charge in [0.15, 0.2) is 0 Å². The van der Waals surface area contributed by atoms with Gasteiger partial charge in [0.1, 0.15) is 5.82 Å². The fraction of sp³-hybridized carbons (Fsp3) is 0.200. The highest BCUT2D eigenvalue weighted by atomic mass is 35.5. The first-order chi connectivity index (χ1) is 15.6. The van der Waals surface area contributed by atoms with E-state index in [1.165, 1.54) is 16.7 Å². The molecule has 0 heterocycles. The van der Waals surface area contributed by atoms with Crippen LogP contribution in [0.25, 0.3) is 10.8 Å². The van der Waals surface area contributed by atoms with Gasteiger partial charge in [-0.3, -0.25) is 0 Å². The lowest BCUT2D eigenvalue weighted by Crippen LogP contribution is -1.97. The Morgan fingerprint density at radius 1 is 0.656 bits per heavy atom. The third-order valence-electron chi connectivity index (χ3n) is 6.06. The summed E-state index contributed by atoms with van der Waals surface area (Å²) in [6.07, 6.45) is 7.41. The second kappa shape index (κ2) is 10.6. The monoisotopic (exact) mass is 442 g/mol. The summed E-state index contributed by atoms with van der Waals surface area (Å²) in [5, 5.41) is 2.39. The van der Waals surface area contributed by atoms with Crippen LogP contribution in [0.15, 0.2) is 91.5 Å². The van der Waals surface area contributed by atoms with Gasteiger partial charge in [0.05, 0.1) is 0 Å². The Labute approximate surface area is 195 Å². The van der Waals surface area contributed by atoms with E-state index in [2.05, 4.69) is 43.0 Å². The quantitative estimate of drug-likeness (QED) is 0.228. The molecule has 0 aliphatic heterocycles. The second-order valence-corrected chi connectivity index (χ2v) is 8.80. The zero-order valence-electron chi connectivity index (χ0n) is 18.3. The van der Waals surface area contributed by atoms with Gasteiger partial charge in [-0.2, -0.15) is 0 Å². The molecule has 0 aliphatic carbocycles. The Kier molecular flexibility index (Phi) is 7.39. The van der Waals surface area contributed by atoms with Crippen LogP contribution < -0.4 is 0 Å². The molecule has 0 radical (unpaired) electrons. The van der Waals surface area contributed by atoms with Crippen LogP contribution in [0.1, 0.15) is 34.2 Å². The second-order valence-electron chi connectivity index (χ2n) is 8.36. The molecule has 0 aliphatic rings. The lowest BCUT2D eigenvalue weighted by atomic mass is 9.97. The van der Waals surface area contributed by atoms with Gasteiger partial charge in [0.25, 0.3) is 0 Å². The Morgan fingerprint density at radius 3 is 1.91 bits per heavy atom. The summed E-state index contributed by atoms with van der Waals surface area (Å²) in [6, 6.07) is 26.7. The predicted molar refractivity (Wildman–Crippen MR) is 135 cm³/mol. The Morgan fingerprint density at radius 2 is 1.22 bits per heavy atom. The highest BCUT2D eigenvalue weighted by molar-refractivity contribution is 6.30. The SMILES string of the molecule is C=CCCc1ccc(CCc2ccc3c(F)c(CCc4ccc(Cl)cc4)ccc3c2)cc1. The minimum absolute atomic E-state index is 0.0990. The lowest BCUT2D eigenvalue weighted by Gasteiger charge is -2.09. The highest BCUT2D eigenvalue weighted by Gasteiger charge is 2.09.